The molecule has 3 rings (SSSR count). The minimum absolute atomic E-state index is 0.184. The maximum absolute atomic E-state index is 12.1. The Morgan fingerprint density at radius 3 is 1.76 bits per heavy atom. The topological polar surface area (TPSA) is 52.6 Å². The van der Waals surface area contributed by atoms with Crippen molar-refractivity contribution in [2.75, 3.05) is 13.2 Å². The van der Waals surface area contributed by atoms with Crippen LogP contribution in [-0.2, 0) is 19.1 Å². The van der Waals surface area contributed by atoms with Crippen LogP contribution in [0.15, 0.2) is 0 Å². The minimum atomic E-state index is -1.10. The zero-order chi connectivity index (χ0) is 12.7. The smallest absolute Gasteiger partial charge is 0.323 e. The Hall–Kier alpha value is -1.06. The van der Waals surface area contributed by atoms with E-state index in [9.17, 15) is 9.59 Å². The van der Waals surface area contributed by atoms with Gasteiger partial charge in [0.15, 0.2) is 5.41 Å². The van der Waals surface area contributed by atoms with E-state index in [0.29, 0.717) is 19.1 Å². The van der Waals surface area contributed by atoms with Crippen molar-refractivity contribution >= 4 is 11.9 Å². The third-order valence-corrected chi connectivity index (χ3v) is 4.47. The number of rotatable bonds is 5. The van der Waals surface area contributed by atoms with Crippen LogP contribution in [-0.4, -0.2) is 25.2 Å². The summed E-state index contributed by atoms with van der Waals surface area (Å²) in [6, 6.07) is 0. The van der Waals surface area contributed by atoms with Gasteiger partial charge < -0.3 is 9.47 Å². The molecule has 0 atom stereocenters. The summed E-state index contributed by atoms with van der Waals surface area (Å²) in [6.07, 6.45) is 2.88. The summed E-state index contributed by atoms with van der Waals surface area (Å²) < 4.78 is 10.2. The van der Waals surface area contributed by atoms with Gasteiger partial charge in [-0.05, 0) is 51.4 Å². The van der Waals surface area contributed by atoms with Gasteiger partial charge in [-0.2, -0.15) is 0 Å². The van der Waals surface area contributed by atoms with Gasteiger partial charge in [0.1, 0.15) is 0 Å². The standard InChI is InChI=1S/C13H20O4/c1-4-16-10(14)12(3,11(15)17-5-2)13-6-9(7-13)8-13/h9H,4-8H2,1-3H3. The molecule has 0 radical (unpaired) electrons. The molecule has 0 saturated heterocycles. The van der Waals surface area contributed by atoms with Gasteiger partial charge in [-0.15, -0.1) is 0 Å². The van der Waals surface area contributed by atoms with Gasteiger partial charge >= 0.3 is 11.9 Å². The Labute approximate surface area is 102 Å². The molecule has 3 saturated carbocycles. The number of ether oxygens (including phenoxy) is 2. The molecule has 0 aromatic carbocycles. The lowest BCUT2D eigenvalue weighted by molar-refractivity contribution is -0.225. The number of hydrogen-bond acceptors (Lipinski definition) is 4. The first-order valence-electron chi connectivity index (χ1n) is 6.34. The van der Waals surface area contributed by atoms with E-state index >= 15 is 0 Å². The van der Waals surface area contributed by atoms with Crippen LogP contribution in [0.5, 0.6) is 0 Å². The fourth-order valence-electron chi connectivity index (χ4n) is 3.16. The van der Waals surface area contributed by atoms with Crippen LogP contribution in [0.25, 0.3) is 0 Å². The Bertz CT molecular complexity index is 312. The molecular formula is C13H20O4. The number of esters is 2. The van der Waals surface area contributed by atoms with Crippen LogP contribution in [0, 0.1) is 16.7 Å². The fourth-order valence-corrected chi connectivity index (χ4v) is 3.16. The van der Waals surface area contributed by atoms with Crippen molar-refractivity contribution in [1.82, 2.24) is 0 Å². The molecule has 0 aromatic rings. The molecule has 96 valence electrons. The van der Waals surface area contributed by atoms with E-state index < -0.39 is 17.4 Å². The first-order chi connectivity index (χ1) is 8.00. The minimum Gasteiger partial charge on any atom is -0.465 e. The molecule has 4 heteroatoms. The lowest BCUT2D eigenvalue weighted by Gasteiger charge is -2.67. The molecule has 3 aliphatic carbocycles. The van der Waals surface area contributed by atoms with Crippen LogP contribution in [0.1, 0.15) is 40.0 Å². The molecule has 0 spiro atoms. The van der Waals surface area contributed by atoms with Crippen molar-refractivity contribution in [3.8, 4) is 0 Å². The molecule has 0 amide bonds. The van der Waals surface area contributed by atoms with Crippen molar-refractivity contribution in [1.29, 1.82) is 0 Å². The summed E-state index contributed by atoms with van der Waals surface area (Å²) in [5.74, 6) is -0.133. The predicted molar refractivity (Wildman–Crippen MR) is 61.1 cm³/mol. The van der Waals surface area contributed by atoms with Crippen molar-refractivity contribution in [3.63, 3.8) is 0 Å². The normalized spacial score (nSPS) is 29.9. The van der Waals surface area contributed by atoms with Crippen molar-refractivity contribution < 1.29 is 19.1 Å². The van der Waals surface area contributed by atoms with Gasteiger partial charge in [-0.1, -0.05) is 0 Å². The van der Waals surface area contributed by atoms with Crippen LogP contribution >= 0.6 is 0 Å². The molecule has 17 heavy (non-hydrogen) atoms. The molecule has 2 bridgehead atoms. The zero-order valence-corrected chi connectivity index (χ0v) is 10.7. The van der Waals surface area contributed by atoms with Gasteiger partial charge in [0.25, 0.3) is 0 Å². The second-order valence-electron chi connectivity index (χ2n) is 5.32. The highest BCUT2D eigenvalue weighted by Crippen LogP contribution is 2.72. The highest BCUT2D eigenvalue weighted by Gasteiger charge is 2.72. The van der Waals surface area contributed by atoms with E-state index in [-0.39, 0.29) is 5.41 Å². The quantitative estimate of drug-likeness (QED) is 0.544. The second kappa shape index (κ2) is 4.00. The Kier molecular flexibility index (Phi) is 2.92. The van der Waals surface area contributed by atoms with Gasteiger partial charge in [-0.3, -0.25) is 9.59 Å². The zero-order valence-electron chi connectivity index (χ0n) is 10.7. The Morgan fingerprint density at radius 1 is 1.12 bits per heavy atom. The molecule has 0 aromatic heterocycles. The highest BCUT2D eigenvalue weighted by atomic mass is 16.6. The van der Waals surface area contributed by atoms with E-state index in [1.165, 1.54) is 0 Å². The summed E-state index contributed by atoms with van der Waals surface area (Å²) in [5.41, 5.74) is -1.29. The molecular weight excluding hydrogens is 220 g/mol. The predicted octanol–water partition coefficient (Wildman–Crippen LogP) is 1.92. The van der Waals surface area contributed by atoms with E-state index in [1.54, 1.807) is 20.8 Å². The highest BCUT2D eigenvalue weighted by molar-refractivity contribution is 6.01. The fraction of sp³-hybridized carbons (Fsp3) is 0.846. The van der Waals surface area contributed by atoms with Crippen molar-refractivity contribution in [2.45, 2.75) is 40.0 Å². The summed E-state index contributed by atoms with van der Waals surface area (Å²) in [5, 5.41) is 0. The average molecular weight is 240 g/mol. The van der Waals surface area contributed by atoms with Crippen molar-refractivity contribution in [2.24, 2.45) is 16.7 Å². The Balaban J connectivity index is 2.22. The molecule has 0 N–H and O–H groups in total. The van der Waals surface area contributed by atoms with Crippen LogP contribution < -0.4 is 0 Å². The monoisotopic (exact) mass is 240 g/mol. The van der Waals surface area contributed by atoms with Gasteiger partial charge in [0.05, 0.1) is 13.2 Å². The third kappa shape index (κ3) is 1.49. The molecule has 4 nitrogen and oxygen atoms in total. The Morgan fingerprint density at radius 2 is 1.53 bits per heavy atom. The van der Waals surface area contributed by atoms with Crippen LogP contribution in [0.3, 0.4) is 0 Å². The van der Waals surface area contributed by atoms with Crippen LogP contribution in [0.4, 0.5) is 0 Å². The lowest BCUT2D eigenvalue weighted by atomic mass is 9.36. The summed E-state index contributed by atoms with van der Waals surface area (Å²) in [4.78, 5) is 24.2. The second-order valence-corrected chi connectivity index (χ2v) is 5.32. The largest absolute Gasteiger partial charge is 0.465 e. The molecule has 3 fully saturated rings. The molecule has 0 unspecified atom stereocenters. The summed E-state index contributed by atoms with van der Waals surface area (Å²) >= 11 is 0. The van der Waals surface area contributed by atoms with Gasteiger partial charge in [-0.25, -0.2) is 0 Å². The maximum Gasteiger partial charge on any atom is 0.323 e. The number of hydrogen-bond donors (Lipinski definition) is 0. The number of carbonyl (C=O) groups is 2. The van der Waals surface area contributed by atoms with E-state index in [4.69, 9.17) is 9.47 Å². The molecule has 3 aliphatic rings. The molecule has 0 aliphatic heterocycles. The molecule has 0 heterocycles. The van der Waals surface area contributed by atoms with Crippen LogP contribution in [0.2, 0.25) is 0 Å². The van der Waals surface area contributed by atoms with Crippen molar-refractivity contribution in [3.05, 3.63) is 0 Å². The summed E-state index contributed by atoms with van der Waals surface area (Å²) in [6.45, 7) is 5.80. The van der Waals surface area contributed by atoms with Gasteiger partial charge in [0, 0.05) is 0 Å². The number of carbonyl (C=O) groups excluding carboxylic acids is 2. The van der Waals surface area contributed by atoms with E-state index in [2.05, 4.69) is 0 Å². The average Bonchev–Trinajstić information content (AvgIpc) is 2.13. The van der Waals surface area contributed by atoms with Gasteiger partial charge in [0.2, 0.25) is 0 Å². The first-order valence-corrected chi connectivity index (χ1v) is 6.34. The van der Waals surface area contributed by atoms with E-state index in [0.717, 1.165) is 19.3 Å². The SMILES string of the molecule is CCOC(=O)C(C)(C(=O)OCC)C12CC(C1)C2. The van der Waals surface area contributed by atoms with E-state index in [1.807, 2.05) is 0 Å². The lowest BCUT2D eigenvalue weighted by Crippen LogP contribution is -2.66. The maximum atomic E-state index is 12.1. The summed E-state index contributed by atoms with van der Waals surface area (Å²) in [7, 11) is 0. The first kappa shape index (κ1) is 12.4. The third-order valence-electron chi connectivity index (χ3n) is 4.47.